The van der Waals surface area contributed by atoms with E-state index in [1.807, 2.05) is 0 Å². The Hall–Kier alpha value is -0.690. The van der Waals surface area contributed by atoms with Crippen molar-refractivity contribution in [1.82, 2.24) is 0 Å². The highest BCUT2D eigenvalue weighted by molar-refractivity contribution is 5.89. The van der Waals surface area contributed by atoms with E-state index in [4.69, 9.17) is 9.47 Å². The van der Waals surface area contributed by atoms with E-state index < -0.39 is 72.6 Å². The van der Waals surface area contributed by atoms with Crippen LogP contribution in [0.5, 0.6) is 0 Å². The molecule has 10 heteroatoms. The first-order valence-electron chi connectivity index (χ1n) is 10.9. The first-order valence-corrected chi connectivity index (χ1v) is 10.9. The van der Waals surface area contributed by atoms with Crippen LogP contribution in [0.15, 0.2) is 0 Å². The fourth-order valence-corrected chi connectivity index (χ4v) is 5.53. The van der Waals surface area contributed by atoms with Gasteiger partial charge in [0.05, 0.1) is 24.4 Å². The summed E-state index contributed by atoms with van der Waals surface area (Å²) >= 11 is 0. The molecule has 1 heterocycles. The van der Waals surface area contributed by atoms with Crippen molar-refractivity contribution in [1.29, 1.82) is 0 Å². The molecule has 0 bridgehead atoms. The van der Waals surface area contributed by atoms with E-state index in [0.717, 1.165) is 0 Å². The lowest BCUT2D eigenvalue weighted by molar-refractivity contribution is -0.329. The Morgan fingerprint density at radius 2 is 1.74 bits per heavy atom. The van der Waals surface area contributed by atoms with Gasteiger partial charge in [0.25, 0.3) is 0 Å². The zero-order chi connectivity index (χ0) is 23.4. The SMILES string of the molecule is CC(C)(O[C@H]1O[C@@H](CO)[C@H](O)[C@@H](O)[C@@H]1O)[C@H]1CC[C@@](O)(CO)[C@@H]2CC(=O)[C@](C)(O)[C@H]2C1. The van der Waals surface area contributed by atoms with E-state index in [1.165, 1.54) is 6.92 Å². The highest BCUT2D eigenvalue weighted by Crippen LogP contribution is 2.52. The predicted octanol–water partition coefficient (Wildman–Crippen LogP) is -1.94. The molecule has 1 aliphatic heterocycles. The number of ketones is 1. The summed E-state index contributed by atoms with van der Waals surface area (Å²) in [5.41, 5.74) is -4.15. The summed E-state index contributed by atoms with van der Waals surface area (Å²) in [5.74, 6) is -1.86. The van der Waals surface area contributed by atoms with Crippen LogP contribution in [-0.4, -0.2) is 102 Å². The second-order valence-corrected chi connectivity index (χ2v) is 10.1. The van der Waals surface area contributed by atoms with Gasteiger partial charge in [0, 0.05) is 18.3 Å². The minimum Gasteiger partial charge on any atom is -0.394 e. The molecule has 0 amide bonds. The first-order chi connectivity index (χ1) is 14.3. The summed E-state index contributed by atoms with van der Waals surface area (Å²) in [4.78, 5) is 12.4. The second-order valence-electron chi connectivity index (χ2n) is 10.1. The second kappa shape index (κ2) is 8.58. The minimum atomic E-state index is -1.64. The van der Waals surface area contributed by atoms with Crippen LogP contribution in [0.3, 0.4) is 0 Å². The van der Waals surface area contributed by atoms with E-state index in [2.05, 4.69) is 0 Å². The van der Waals surface area contributed by atoms with E-state index in [1.54, 1.807) is 13.8 Å². The molecule has 2 saturated carbocycles. The summed E-state index contributed by atoms with van der Waals surface area (Å²) in [6.45, 7) is 3.81. The number of fused-ring (bicyclic) bond motifs is 1. The zero-order valence-electron chi connectivity index (χ0n) is 18.2. The highest BCUT2D eigenvalue weighted by atomic mass is 16.7. The van der Waals surface area contributed by atoms with E-state index in [9.17, 15) is 40.5 Å². The number of Topliss-reactive ketones (excluding diaryl/α,β-unsaturated/α-hetero) is 1. The Labute approximate surface area is 181 Å². The molecule has 3 fully saturated rings. The number of hydrogen-bond acceptors (Lipinski definition) is 10. The quantitative estimate of drug-likeness (QED) is 0.250. The summed E-state index contributed by atoms with van der Waals surface area (Å²) in [6.07, 6.45) is -6.14. The summed E-state index contributed by atoms with van der Waals surface area (Å²) < 4.78 is 11.5. The zero-order valence-corrected chi connectivity index (χ0v) is 18.2. The third-order valence-electron chi connectivity index (χ3n) is 7.86. The van der Waals surface area contributed by atoms with Crippen LogP contribution in [0.2, 0.25) is 0 Å². The number of ether oxygens (including phenoxy) is 2. The Kier molecular flexibility index (Phi) is 6.91. The van der Waals surface area contributed by atoms with E-state index in [0.29, 0.717) is 12.8 Å². The van der Waals surface area contributed by atoms with Gasteiger partial charge >= 0.3 is 0 Å². The lowest BCUT2D eigenvalue weighted by atomic mass is 9.74. The smallest absolute Gasteiger partial charge is 0.187 e. The lowest BCUT2D eigenvalue weighted by Crippen LogP contribution is -2.61. The van der Waals surface area contributed by atoms with Gasteiger partial charge in [0.15, 0.2) is 12.1 Å². The normalized spacial score (nSPS) is 49.0. The molecule has 7 N–H and O–H groups in total. The molecule has 180 valence electrons. The molecule has 0 spiro atoms. The van der Waals surface area contributed by atoms with Crippen LogP contribution in [-0.2, 0) is 14.3 Å². The maximum Gasteiger partial charge on any atom is 0.187 e. The van der Waals surface area contributed by atoms with Crippen molar-refractivity contribution in [3.8, 4) is 0 Å². The maximum atomic E-state index is 12.4. The van der Waals surface area contributed by atoms with Gasteiger partial charge in [0.1, 0.15) is 30.0 Å². The Morgan fingerprint density at radius 1 is 1.10 bits per heavy atom. The van der Waals surface area contributed by atoms with Crippen molar-refractivity contribution in [3.63, 3.8) is 0 Å². The maximum absolute atomic E-state index is 12.4. The standard InChI is InChI=1S/C21H36O10/c1-19(2,31-18-17(27)16(26)15(25)13(8-22)30-18)10-4-5-21(29,9-23)12-7-14(24)20(3,28)11(12)6-10/h10-13,15-18,22-23,25-29H,4-9H2,1-3H3/t10-,11-,12+,13-,15-,16+,17-,18+,20+,21+/m0/s1. The van der Waals surface area contributed by atoms with Crippen molar-refractivity contribution in [3.05, 3.63) is 0 Å². The van der Waals surface area contributed by atoms with E-state index >= 15 is 0 Å². The van der Waals surface area contributed by atoms with Gasteiger partial charge in [-0.15, -0.1) is 0 Å². The number of carbonyl (C=O) groups is 1. The van der Waals surface area contributed by atoms with Crippen LogP contribution in [0.25, 0.3) is 0 Å². The van der Waals surface area contributed by atoms with Crippen molar-refractivity contribution in [2.45, 2.75) is 94.0 Å². The molecule has 3 rings (SSSR count). The molecule has 0 aromatic heterocycles. The van der Waals surface area contributed by atoms with Gasteiger partial charge < -0.3 is 45.2 Å². The first kappa shape index (κ1) is 24.9. The summed E-state index contributed by atoms with van der Waals surface area (Å²) in [7, 11) is 0. The van der Waals surface area contributed by atoms with Crippen LogP contribution in [0.4, 0.5) is 0 Å². The van der Waals surface area contributed by atoms with Gasteiger partial charge in [-0.3, -0.25) is 4.79 Å². The van der Waals surface area contributed by atoms with Crippen molar-refractivity contribution in [2.75, 3.05) is 13.2 Å². The third-order valence-corrected chi connectivity index (χ3v) is 7.86. The molecule has 10 nitrogen and oxygen atoms in total. The lowest BCUT2D eigenvalue weighted by Gasteiger charge is -2.45. The molecular formula is C21H36O10. The fourth-order valence-electron chi connectivity index (χ4n) is 5.53. The molecule has 1 saturated heterocycles. The van der Waals surface area contributed by atoms with Gasteiger partial charge in [0.2, 0.25) is 0 Å². The van der Waals surface area contributed by atoms with Crippen LogP contribution >= 0.6 is 0 Å². The Bertz CT molecular complexity index is 665. The average Bonchev–Trinajstić information content (AvgIpc) is 2.84. The van der Waals surface area contributed by atoms with Crippen molar-refractivity contribution < 1.29 is 50.0 Å². The number of aliphatic hydroxyl groups is 7. The third kappa shape index (κ3) is 4.30. The molecule has 0 unspecified atom stereocenters. The molecule has 10 atom stereocenters. The van der Waals surface area contributed by atoms with Gasteiger partial charge in [-0.25, -0.2) is 0 Å². The Balaban J connectivity index is 1.83. The molecule has 0 radical (unpaired) electrons. The molecule has 31 heavy (non-hydrogen) atoms. The number of rotatable bonds is 5. The molecule has 3 aliphatic rings. The molecule has 0 aromatic rings. The van der Waals surface area contributed by atoms with E-state index in [-0.39, 0.29) is 24.5 Å². The molecule has 0 aromatic carbocycles. The van der Waals surface area contributed by atoms with Crippen molar-refractivity contribution in [2.24, 2.45) is 17.8 Å². The van der Waals surface area contributed by atoms with Crippen molar-refractivity contribution >= 4 is 5.78 Å². The largest absolute Gasteiger partial charge is 0.394 e. The monoisotopic (exact) mass is 448 g/mol. The average molecular weight is 449 g/mol. The fraction of sp³-hybridized carbons (Fsp3) is 0.952. The Morgan fingerprint density at radius 3 is 2.32 bits per heavy atom. The van der Waals surface area contributed by atoms with Crippen LogP contribution < -0.4 is 0 Å². The van der Waals surface area contributed by atoms with Gasteiger partial charge in [-0.05, 0) is 46.0 Å². The number of carbonyl (C=O) groups excluding carboxylic acids is 1. The topological polar surface area (TPSA) is 177 Å². The summed E-state index contributed by atoms with van der Waals surface area (Å²) in [5, 5.41) is 71.5. The minimum absolute atomic E-state index is 0.0184. The molecular weight excluding hydrogens is 412 g/mol. The highest BCUT2D eigenvalue weighted by Gasteiger charge is 2.60. The number of aliphatic hydroxyl groups excluding tert-OH is 5. The van der Waals surface area contributed by atoms with Crippen LogP contribution in [0.1, 0.15) is 46.5 Å². The number of hydrogen-bond donors (Lipinski definition) is 7. The van der Waals surface area contributed by atoms with Gasteiger partial charge in [-0.1, -0.05) is 0 Å². The molecule has 2 aliphatic carbocycles. The van der Waals surface area contributed by atoms with Gasteiger partial charge in [-0.2, -0.15) is 0 Å². The predicted molar refractivity (Wildman–Crippen MR) is 106 cm³/mol. The summed E-state index contributed by atoms with van der Waals surface area (Å²) in [6, 6.07) is 0. The van der Waals surface area contributed by atoms with Crippen LogP contribution in [0, 0.1) is 17.8 Å².